The van der Waals surface area contributed by atoms with Gasteiger partial charge in [0.2, 0.25) is 0 Å². The number of thiophene rings is 1. The van der Waals surface area contributed by atoms with E-state index in [-0.39, 0.29) is 11.9 Å². The number of nitrogens with one attached hydrogen (secondary N) is 1. The van der Waals surface area contributed by atoms with Crippen molar-refractivity contribution in [3.8, 4) is 0 Å². The van der Waals surface area contributed by atoms with E-state index >= 15 is 0 Å². The van der Waals surface area contributed by atoms with E-state index in [1.165, 1.54) is 4.88 Å². The predicted octanol–water partition coefficient (Wildman–Crippen LogP) is 1.95. The molecule has 1 aliphatic heterocycles. The van der Waals surface area contributed by atoms with Crippen molar-refractivity contribution >= 4 is 17.2 Å². The molecule has 0 saturated carbocycles. The van der Waals surface area contributed by atoms with E-state index in [9.17, 15) is 4.79 Å². The molecule has 3 heterocycles. The second-order valence-corrected chi connectivity index (χ2v) is 4.92. The Morgan fingerprint density at radius 2 is 2.38 bits per heavy atom. The number of aryl methyl sites for hydroxylation is 1. The van der Waals surface area contributed by atoms with Crippen molar-refractivity contribution in [1.82, 2.24) is 15.1 Å². The molecule has 82 valence electrons. The van der Waals surface area contributed by atoms with Gasteiger partial charge in [-0.05, 0) is 18.4 Å². The lowest BCUT2D eigenvalue weighted by molar-refractivity contribution is 0.0789. The minimum Gasteiger partial charge on any atom is -0.328 e. The van der Waals surface area contributed by atoms with Gasteiger partial charge in [-0.25, -0.2) is 0 Å². The monoisotopic (exact) mass is 233 g/mol. The third kappa shape index (κ3) is 1.09. The van der Waals surface area contributed by atoms with E-state index < -0.39 is 0 Å². The fourth-order valence-electron chi connectivity index (χ4n) is 2.19. The predicted molar refractivity (Wildman–Crippen MR) is 61.6 cm³/mol. The number of hydrogen-bond acceptors (Lipinski definition) is 3. The van der Waals surface area contributed by atoms with Crippen molar-refractivity contribution in [1.29, 1.82) is 0 Å². The van der Waals surface area contributed by atoms with Gasteiger partial charge in [-0.2, -0.15) is 5.10 Å². The Hall–Kier alpha value is -1.62. The highest BCUT2D eigenvalue weighted by Gasteiger charge is 2.39. The van der Waals surface area contributed by atoms with Crippen LogP contribution in [0, 0.1) is 6.92 Å². The van der Waals surface area contributed by atoms with Crippen LogP contribution < -0.4 is 0 Å². The maximum absolute atomic E-state index is 12.0. The Kier molecular flexibility index (Phi) is 1.91. The van der Waals surface area contributed by atoms with Gasteiger partial charge >= 0.3 is 0 Å². The Bertz CT molecular complexity index is 544. The summed E-state index contributed by atoms with van der Waals surface area (Å²) in [5.41, 5.74) is 2.57. The zero-order valence-electron chi connectivity index (χ0n) is 9.02. The van der Waals surface area contributed by atoms with E-state index in [2.05, 4.69) is 16.3 Å². The van der Waals surface area contributed by atoms with E-state index in [4.69, 9.17) is 0 Å². The molecule has 1 aliphatic rings. The fraction of sp³-hybridized carbons (Fsp3) is 0.273. The number of rotatable bonds is 1. The van der Waals surface area contributed by atoms with Gasteiger partial charge in [0, 0.05) is 23.2 Å². The molecule has 3 rings (SSSR count). The van der Waals surface area contributed by atoms with Gasteiger partial charge in [0.25, 0.3) is 5.91 Å². The molecule has 0 saturated heterocycles. The van der Waals surface area contributed by atoms with Gasteiger partial charge in [-0.15, -0.1) is 11.3 Å². The molecular weight excluding hydrogens is 222 g/mol. The maximum atomic E-state index is 12.0. The Balaban J connectivity index is 2.20. The van der Waals surface area contributed by atoms with Crippen LogP contribution in [0.3, 0.4) is 0 Å². The number of fused-ring (bicyclic) bond motifs is 1. The zero-order chi connectivity index (χ0) is 11.3. The van der Waals surface area contributed by atoms with Crippen LogP contribution in [0.25, 0.3) is 0 Å². The second kappa shape index (κ2) is 3.18. The number of amides is 1. The van der Waals surface area contributed by atoms with Gasteiger partial charge in [-0.3, -0.25) is 9.89 Å². The molecule has 1 N–H and O–H groups in total. The van der Waals surface area contributed by atoms with Crippen molar-refractivity contribution in [2.75, 3.05) is 7.05 Å². The van der Waals surface area contributed by atoms with Gasteiger partial charge < -0.3 is 4.90 Å². The third-order valence-electron chi connectivity index (χ3n) is 2.99. The Labute approximate surface area is 96.9 Å². The van der Waals surface area contributed by atoms with E-state index in [0.29, 0.717) is 5.69 Å². The van der Waals surface area contributed by atoms with Crippen LogP contribution in [-0.2, 0) is 0 Å². The molecule has 4 nitrogen and oxygen atoms in total. The van der Waals surface area contributed by atoms with Gasteiger partial charge in [0.05, 0.1) is 6.04 Å². The number of aromatic nitrogens is 2. The molecule has 0 radical (unpaired) electrons. The van der Waals surface area contributed by atoms with Crippen molar-refractivity contribution in [2.45, 2.75) is 13.0 Å². The number of hydrogen-bond donors (Lipinski definition) is 1. The quantitative estimate of drug-likeness (QED) is 0.818. The number of carbonyl (C=O) groups is 1. The van der Waals surface area contributed by atoms with E-state index in [0.717, 1.165) is 11.3 Å². The molecule has 0 spiro atoms. The summed E-state index contributed by atoms with van der Waals surface area (Å²) in [6.07, 6.45) is 0. The van der Waals surface area contributed by atoms with Crippen molar-refractivity contribution in [3.05, 3.63) is 39.3 Å². The minimum atomic E-state index is -0.00208. The SMILES string of the molecule is Cc1[nH]nc2c1[C@@H](c1cccs1)N(C)C2=O. The summed E-state index contributed by atoms with van der Waals surface area (Å²) in [6, 6.07) is 4.09. The van der Waals surface area contributed by atoms with Crippen molar-refractivity contribution in [2.24, 2.45) is 0 Å². The third-order valence-corrected chi connectivity index (χ3v) is 3.92. The molecule has 5 heteroatoms. The molecule has 0 unspecified atom stereocenters. The lowest BCUT2D eigenvalue weighted by atomic mass is 10.1. The second-order valence-electron chi connectivity index (χ2n) is 3.94. The summed E-state index contributed by atoms with van der Waals surface area (Å²) in [7, 11) is 1.83. The number of carbonyl (C=O) groups excluding carboxylic acids is 1. The highest BCUT2D eigenvalue weighted by Crippen LogP contribution is 2.39. The minimum absolute atomic E-state index is 0.00208. The van der Waals surface area contributed by atoms with E-state index in [1.807, 2.05) is 25.4 Å². The van der Waals surface area contributed by atoms with E-state index in [1.54, 1.807) is 16.2 Å². The summed E-state index contributed by atoms with van der Waals surface area (Å²) in [5.74, 6) is -0.00208. The highest BCUT2D eigenvalue weighted by molar-refractivity contribution is 7.10. The van der Waals surface area contributed by atoms with Crippen LogP contribution in [0.15, 0.2) is 17.5 Å². The smallest absolute Gasteiger partial charge is 0.275 e. The first-order valence-corrected chi connectivity index (χ1v) is 5.93. The summed E-state index contributed by atoms with van der Waals surface area (Å²) in [5, 5.41) is 8.99. The van der Waals surface area contributed by atoms with Crippen molar-refractivity contribution in [3.63, 3.8) is 0 Å². The zero-order valence-corrected chi connectivity index (χ0v) is 9.84. The molecule has 2 aromatic heterocycles. The van der Waals surface area contributed by atoms with Crippen molar-refractivity contribution < 1.29 is 4.79 Å². The molecule has 0 aliphatic carbocycles. The van der Waals surface area contributed by atoms with Gasteiger partial charge in [-0.1, -0.05) is 6.07 Å². The first-order chi connectivity index (χ1) is 7.70. The Morgan fingerprint density at radius 1 is 1.56 bits per heavy atom. The van der Waals surface area contributed by atoms with Gasteiger partial charge in [0.15, 0.2) is 5.69 Å². The number of H-pyrrole nitrogens is 1. The first kappa shape index (κ1) is 9.59. The molecule has 1 amide bonds. The summed E-state index contributed by atoms with van der Waals surface area (Å²) in [6.45, 7) is 1.96. The lowest BCUT2D eigenvalue weighted by Gasteiger charge is -2.19. The summed E-state index contributed by atoms with van der Waals surface area (Å²) >= 11 is 1.67. The molecule has 16 heavy (non-hydrogen) atoms. The average molecular weight is 233 g/mol. The van der Waals surface area contributed by atoms with Gasteiger partial charge in [0.1, 0.15) is 0 Å². The lowest BCUT2D eigenvalue weighted by Crippen LogP contribution is -2.24. The molecular formula is C11H11N3OS. The van der Waals surface area contributed by atoms with Crippen LogP contribution in [0.1, 0.15) is 32.7 Å². The molecule has 0 aromatic carbocycles. The number of aromatic amines is 1. The molecule has 0 bridgehead atoms. The fourth-order valence-corrected chi connectivity index (χ4v) is 3.07. The average Bonchev–Trinajstić information content (AvgIpc) is 2.93. The summed E-state index contributed by atoms with van der Waals surface area (Å²) in [4.78, 5) is 14.9. The molecule has 0 fully saturated rings. The van der Waals surface area contributed by atoms with Crippen LogP contribution in [0.4, 0.5) is 0 Å². The van der Waals surface area contributed by atoms with Crippen LogP contribution in [0.2, 0.25) is 0 Å². The van der Waals surface area contributed by atoms with Crippen LogP contribution >= 0.6 is 11.3 Å². The first-order valence-electron chi connectivity index (χ1n) is 5.05. The van der Waals surface area contributed by atoms with Crippen LogP contribution in [-0.4, -0.2) is 28.1 Å². The topological polar surface area (TPSA) is 49.0 Å². The standard InChI is InChI=1S/C11H11N3OS/c1-6-8-9(13-12-6)11(15)14(2)10(8)7-4-3-5-16-7/h3-5,10H,1-2H3,(H,12,13)/t10-/m1/s1. The maximum Gasteiger partial charge on any atom is 0.275 e. The number of nitrogens with zero attached hydrogens (tertiary/aromatic N) is 2. The van der Waals surface area contributed by atoms with Crippen LogP contribution in [0.5, 0.6) is 0 Å². The normalized spacial score (nSPS) is 19.2. The highest BCUT2D eigenvalue weighted by atomic mass is 32.1. The molecule has 1 atom stereocenters. The Morgan fingerprint density at radius 3 is 3.06 bits per heavy atom. The largest absolute Gasteiger partial charge is 0.328 e. The summed E-state index contributed by atoms with van der Waals surface area (Å²) < 4.78 is 0. The molecule has 2 aromatic rings.